The molecule has 1 heterocycles. The maximum atomic E-state index is 5.63. The van der Waals surface area contributed by atoms with Gasteiger partial charge in [-0.3, -0.25) is 0 Å². The molecule has 1 aromatic carbocycles. The van der Waals surface area contributed by atoms with E-state index in [1.54, 1.807) is 14.2 Å². The lowest BCUT2D eigenvalue weighted by atomic mass is 10.1. The lowest BCUT2D eigenvalue weighted by Crippen LogP contribution is -2.18. The highest BCUT2D eigenvalue weighted by molar-refractivity contribution is 9.10. The summed E-state index contributed by atoms with van der Waals surface area (Å²) in [5, 5.41) is 3.44. The number of ether oxygens (including phenoxy) is 2. The molecule has 0 saturated carbocycles. The van der Waals surface area contributed by atoms with Crippen molar-refractivity contribution in [2.24, 2.45) is 0 Å². The van der Waals surface area contributed by atoms with Gasteiger partial charge in [0.25, 0.3) is 0 Å². The zero-order chi connectivity index (χ0) is 15.4. The molecule has 114 valence electrons. The molecular weight excluding hydrogens is 334 g/mol. The van der Waals surface area contributed by atoms with Crippen molar-refractivity contribution in [3.63, 3.8) is 0 Å². The fraction of sp³-hybridized carbons (Fsp3) is 0.375. The summed E-state index contributed by atoms with van der Waals surface area (Å²) in [5.74, 6) is 3.29. The van der Waals surface area contributed by atoms with Crippen LogP contribution in [-0.2, 0) is 6.54 Å². The highest BCUT2D eigenvalue weighted by Gasteiger charge is 2.12. The summed E-state index contributed by atoms with van der Waals surface area (Å²) in [6.45, 7) is 4.72. The fourth-order valence-electron chi connectivity index (χ4n) is 2.08. The molecule has 1 N–H and O–H groups in total. The molecule has 0 spiro atoms. The molecule has 2 rings (SSSR count). The van der Waals surface area contributed by atoms with Crippen molar-refractivity contribution >= 4 is 15.9 Å². The normalized spacial score (nSPS) is 12.2. The Morgan fingerprint density at radius 2 is 1.86 bits per heavy atom. The van der Waals surface area contributed by atoms with Crippen molar-refractivity contribution in [1.29, 1.82) is 0 Å². The van der Waals surface area contributed by atoms with Crippen LogP contribution in [0.2, 0.25) is 0 Å². The third kappa shape index (κ3) is 3.80. The standard InChI is InChI=1S/C16H20BrNO3/c1-10-5-6-14(21-10)11(2)18-9-12-7-15(19-3)16(20-4)8-13(12)17/h5-8,11,18H,9H2,1-4H3. The first-order valence-electron chi connectivity index (χ1n) is 6.75. The molecule has 0 radical (unpaired) electrons. The summed E-state index contributed by atoms with van der Waals surface area (Å²) >= 11 is 3.56. The van der Waals surface area contributed by atoms with Crippen LogP contribution in [0, 0.1) is 6.92 Å². The lowest BCUT2D eigenvalue weighted by Gasteiger charge is -2.15. The van der Waals surface area contributed by atoms with Crippen LogP contribution in [0.1, 0.15) is 30.0 Å². The second kappa shape index (κ2) is 7.00. The third-order valence-electron chi connectivity index (χ3n) is 3.34. The Morgan fingerprint density at radius 3 is 2.43 bits per heavy atom. The Hall–Kier alpha value is -1.46. The minimum Gasteiger partial charge on any atom is -0.493 e. The lowest BCUT2D eigenvalue weighted by molar-refractivity contribution is 0.353. The van der Waals surface area contributed by atoms with Gasteiger partial charge in [-0.25, -0.2) is 0 Å². The largest absolute Gasteiger partial charge is 0.493 e. The van der Waals surface area contributed by atoms with Crippen LogP contribution in [0.15, 0.2) is 33.2 Å². The smallest absolute Gasteiger partial charge is 0.161 e. The highest BCUT2D eigenvalue weighted by atomic mass is 79.9. The van der Waals surface area contributed by atoms with E-state index in [4.69, 9.17) is 13.9 Å². The molecule has 4 nitrogen and oxygen atoms in total. The highest BCUT2D eigenvalue weighted by Crippen LogP contribution is 2.33. The van der Waals surface area contributed by atoms with E-state index in [0.29, 0.717) is 12.3 Å². The Bertz CT molecular complexity index is 610. The number of furan rings is 1. The Balaban J connectivity index is 2.09. The molecule has 0 aliphatic carbocycles. The van der Waals surface area contributed by atoms with Gasteiger partial charge in [0.1, 0.15) is 11.5 Å². The zero-order valence-corrected chi connectivity index (χ0v) is 14.3. The first-order chi connectivity index (χ1) is 10.0. The summed E-state index contributed by atoms with van der Waals surface area (Å²) in [4.78, 5) is 0. The molecule has 5 heteroatoms. The summed E-state index contributed by atoms with van der Waals surface area (Å²) in [7, 11) is 3.26. The molecule has 1 atom stereocenters. The topological polar surface area (TPSA) is 43.6 Å². The number of nitrogens with one attached hydrogen (secondary N) is 1. The molecular formula is C16H20BrNO3. The van der Waals surface area contributed by atoms with Crippen LogP contribution in [0.25, 0.3) is 0 Å². The minimum atomic E-state index is 0.138. The van der Waals surface area contributed by atoms with Gasteiger partial charge >= 0.3 is 0 Å². The minimum absolute atomic E-state index is 0.138. The van der Waals surface area contributed by atoms with Gasteiger partial charge in [-0.2, -0.15) is 0 Å². The molecule has 2 aromatic rings. The van der Waals surface area contributed by atoms with Crippen molar-refractivity contribution in [2.75, 3.05) is 14.2 Å². The van der Waals surface area contributed by atoms with E-state index in [1.807, 2.05) is 31.2 Å². The second-order valence-corrected chi connectivity index (χ2v) is 5.70. The first kappa shape index (κ1) is 15.9. The Kier molecular flexibility index (Phi) is 5.31. The Labute approximate surface area is 133 Å². The predicted molar refractivity (Wildman–Crippen MR) is 85.9 cm³/mol. The van der Waals surface area contributed by atoms with Crippen LogP contribution in [0.3, 0.4) is 0 Å². The van der Waals surface area contributed by atoms with Crippen molar-refractivity contribution < 1.29 is 13.9 Å². The Morgan fingerprint density at radius 1 is 1.19 bits per heavy atom. The number of rotatable bonds is 6. The molecule has 21 heavy (non-hydrogen) atoms. The van der Waals surface area contributed by atoms with Gasteiger partial charge in [0.15, 0.2) is 11.5 Å². The van der Waals surface area contributed by atoms with Crippen molar-refractivity contribution in [3.05, 3.63) is 45.8 Å². The number of hydrogen-bond donors (Lipinski definition) is 1. The molecule has 1 unspecified atom stereocenters. The molecule has 0 aliphatic heterocycles. The van der Waals surface area contributed by atoms with Crippen LogP contribution >= 0.6 is 15.9 Å². The maximum absolute atomic E-state index is 5.63. The predicted octanol–water partition coefficient (Wildman–Crippen LogP) is 4.22. The second-order valence-electron chi connectivity index (χ2n) is 4.85. The molecule has 0 bridgehead atoms. The van der Waals surface area contributed by atoms with Crippen LogP contribution in [-0.4, -0.2) is 14.2 Å². The van der Waals surface area contributed by atoms with Crippen LogP contribution in [0.4, 0.5) is 0 Å². The van der Waals surface area contributed by atoms with Crippen molar-refractivity contribution in [3.8, 4) is 11.5 Å². The number of benzene rings is 1. The fourth-order valence-corrected chi connectivity index (χ4v) is 2.54. The van der Waals surface area contributed by atoms with Crippen molar-refractivity contribution in [1.82, 2.24) is 5.32 Å². The average Bonchev–Trinajstić information content (AvgIpc) is 2.91. The molecule has 0 saturated heterocycles. The van der Waals surface area contributed by atoms with Crippen LogP contribution in [0.5, 0.6) is 11.5 Å². The summed E-state index contributed by atoms with van der Waals surface area (Å²) in [5.41, 5.74) is 1.10. The van der Waals surface area contributed by atoms with E-state index in [-0.39, 0.29) is 6.04 Å². The summed E-state index contributed by atoms with van der Waals surface area (Å²) in [6, 6.07) is 7.99. The monoisotopic (exact) mass is 353 g/mol. The number of hydrogen-bond acceptors (Lipinski definition) is 4. The summed E-state index contributed by atoms with van der Waals surface area (Å²) < 4.78 is 17.2. The third-order valence-corrected chi connectivity index (χ3v) is 4.08. The average molecular weight is 354 g/mol. The van der Waals surface area contributed by atoms with E-state index >= 15 is 0 Å². The molecule has 0 amide bonds. The maximum Gasteiger partial charge on any atom is 0.161 e. The van der Waals surface area contributed by atoms with E-state index in [2.05, 4.69) is 28.2 Å². The van der Waals surface area contributed by atoms with Gasteiger partial charge in [0.05, 0.1) is 20.3 Å². The SMILES string of the molecule is COc1cc(Br)c(CNC(C)c2ccc(C)o2)cc1OC. The number of aryl methyl sites for hydroxylation is 1. The van der Waals surface area contributed by atoms with E-state index in [1.165, 1.54) is 0 Å². The van der Waals surface area contributed by atoms with Gasteiger partial charge < -0.3 is 19.2 Å². The number of methoxy groups -OCH3 is 2. The van der Waals surface area contributed by atoms with E-state index in [9.17, 15) is 0 Å². The van der Waals surface area contributed by atoms with Crippen LogP contribution < -0.4 is 14.8 Å². The zero-order valence-electron chi connectivity index (χ0n) is 12.7. The van der Waals surface area contributed by atoms with Gasteiger partial charge in [-0.15, -0.1) is 0 Å². The van der Waals surface area contributed by atoms with E-state index < -0.39 is 0 Å². The summed E-state index contributed by atoms with van der Waals surface area (Å²) in [6.07, 6.45) is 0. The van der Waals surface area contributed by atoms with Gasteiger partial charge in [0.2, 0.25) is 0 Å². The van der Waals surface area contributed by atoms with Crippen molar-refractivity contribution in [2.45, 2.75) is 26.4 Å². The molecule has 1 aromatic heterocycles. The number of halogens is 1. The van der Waals surface area contributed by atoms with E-state index in [0.717, 1.165) is 27.3 Å². The van der Waals surface area contributed by atoms with Gasteiger partial charge in [-0.05, 0) is 43.7 Å². The molecule has 0 aliphatic rings. The van der Waals surface area contributed by atoms with Gasteiger partial charge in [-0.1, -0.05) is 15.9 Å². The quantitative estimate of drug-likeness (QED) is 0.844. The van der Waals surface area contributed by atoms with Gasteiger partial charge in [0, 0.05) is 11.0 Å². The molecule has 0 fully saturated rings. The first-order valence-corrected chi connectivity index (χ1v) is 7.54.